The van der Waals surface area contributed by atoms with Gasteiger partial charge in [0.2, 0.25) is 0 Å². The van der Waals surface area contributed by atoms with Crippen molar-refractivity contribution in [1.82, 2.24) is 10.3 Å². The van der Waals surface area contributed by atoms with E-state index in [1.165, 1.54) is 6.07 Å². The zero-order chi connectivity index (χ0) is 14.6. The number of carbonyl (C=O) groups is 2. The van der Waals surface area contributed by atoms with E-state index in [-0.39, 0.29) is 11.1 Å². The van der Waals surface area contributed by atoms with Crippen LogP contribution in [0.3, 0.4) is 0 Å². The van der Waals surface area contributed by atoms with Gasteiger partial charge in [-0.3, -0.25) is 4.79 Å². The zero-order valence-corrected chi connectivity index (χ0v) is 11.9. The molecule has 0 spiro atoms. The predicted molar refractivity (Wildman–Crippen MR) is 72.5 cm³/mol. The van der Waals surface area contributed by atoms with Gasteiger partial charge in [-0.05, 0) is 24.5 Å². The van der Waals surface area contributed by atoms with Crippen LogP contribution in [0.1, 0.15) is 49.2 Å². The molecule has 2 N–H and O–H groups in total. The lowest BCUT2D eigenvalue weighted by molar-refractivity contribution is -0.139. The van der Waals surface area contributed by atoms with Crippen molar-refractivity contribution < 1.29 is 14.7 Å². The number of pyridine rings is 1. The molecular weight excluding hydrogens is 268 g/mol. The molecule has 0 saturated carbocycles. The van der Waals surface area contributed by atoms with Crippen LogP contribution in [0, 0.1) is 0 Å². The molecule has 1 aromatic heterocycles. The van der Waals surface area contributed by atoms with Gasteiger partial charge in [0.15, 0.2) is 0 Å². The van der Waals surface area contributed by atoms with Gasteiger partial charge in [-0.2, -0.15) is 0 Å². The van der Waals surface area contributed by atoms with Gasteiger partial charge >= 0.3 is 5.97 Å². The standard InChI is InChI=1S/C13H17ClN2O3/c1-4-9(13(18)19)16-12(17)8-5-10(7(2)3)15-11(14)6-8/h5-7,9H,4H2,1-3H3,(H,16,17)(H,18,19). The number of nitrogens with one attached hydrogen (secondary N) is 1. The van der Waals surface area contributed by atoms with Crippen molar-refractivity contribution in [3.05, 3.63) is 28.5 Å². The van der Waals surface area contributed by atoms with Crippen LogP contribution in [0.25, 0.3) is 0 Å². The van der Waals surface area contributed by atoms with Crippen molar-refractivity contribution in [3.8, 4) is 0 Å². The fourth-order valence-corrected chi connectivity index (χ4v) is 1.74. The number of carbonyl (C=O) groups excluding carboxylic acids is 1. The fourth-order valence-electron chi connectivity index (χ4n) is 1.52. The van der Waals surface area contributed by atoms with Gasteiger partial charge in [0.25, 0.3) is 5.91 Å². The molecule has 0 aliphatic rings. The van der Waals surface area contributed by atoms with Crippen molar-refractivity contribution in [1.29, 1.82) is 0 Å². The van der Waals surface area contributed by atoms with Crippen molar-refractivity contribution in [2.24, 2.45) is 0 Å². The first-order chi connectivity index (χ1) is 8.85. The molecule has 0 fully saturated rings. The number of carboxylic acids is 1. The topological polar surface area (TPSA) is 79.3 Å². The summed E-state index contributed by atoms with van der Waals surface area (Å²) in [5.41, 5.74) is 1.02. The minimum absolute atomic E-state index is 0.131. The van der Waals surface area contributed by atoms with E-state index in [1.807, 2.05) is 13.8 Å². The van der Waals surface area contributed by atoms with Gasteiger partial charge in [0.1, 0.15) is 11.2 Å². The smallest absolute Gasteiger partial charge is 0.326 e. The molecule has 0 aliphatic carbocycles. The van der Waals surface area contributed by atoms with Gasteiger partial charge in [-0.1, -0.05) is 32.4 Å². The average molecular weight is 285 g/mol. The molecule has 1 aromatic rings. The summed E-state index contributed by atoms with van der Waals surface area (Å²) in [4.78, 5) is 27.0. The van der Waals surface area contributed by atoms with E-state index in [2.05, 4.69) is 10.3 Å². The number of rotatable bonds is 5. The number of aliphatic carboxylic acids is 1. The highest BCUT2D eigenvalue weighted by atomic mass is 35.5. The monoisotopic (exact) mass is 284 g/mol. The Morgan fingerprint density at radius 1 is 1.42 bits per heavy atom. The molecule has 0 radical (unpaired) electrons. The van der Waals surface area contributed by atoms with Gasteiger partial charge < -0.3 is 10.4 Å². The zero-order valence-electron chi connectivity index (χ0n) is 11.1. The molecular formula is C13H17ClN2O3. The molecule has 1 heterocycles. The van der Waals surface area contributed by atoms with Gasteiger partial charge in [-0.25, -0.2) is 9.78 Å². The molecule has 104 valence electrons. The number of amides is 1. The van der Waals surface area contributed by atoms with Crippen LogP contribution >= 0.6 is 11.6 Å². The lowest BCUT2D eigenvalue weighted by atomic mass is 10.1. The van der Waals surface area contributed by atoms with Crippen LogP contribution in [0.5, 0.6) is 0 Å². The van der Waals surface area contributed by atoms with Gasteiger partial charge in [0, 0.05) is 11.3 Å². The summed E-state index contributed by atoms with van der Waals surface area (Å²) in [6.07, 6.45) is 0.316. The molecule has 19 heavy (non-hydrogen) atoms. The van der Waals surface area contributed by atoms with E-state index in [9.17, 15) is 9.59 Å². The Morgan fingerprint density at radius 3 is 2.53 bits per heavy atom. The SMILES string of the molecule is CCC(NC(=O)c1cc(Cl)nc(C(C)C)c1)C(=O)O. The molecule has 1 rings (SSSR count). The summed E-state index contributed by atoms with van der Waals surface area (Å²) < 4.78 is 0. The van der Waals surface area contributed by atoms with Crippen LogP contribution in [0.2, 0.25) is 5.15 Å². The van der Waals surface area contributed by atoms with Gasteiger partial charge in [0.05, 0.1) is 0 Å². The normalized spacial score (nSPS) is 12.3. The van der Waals surface area contributed by atoms with Crippen LogP contribution in [0.4, 0.5) is 0 Å². The van der Waals surface area contributed by atoms with Crippen LogP contribution in [-0.2, 0) is 4.79 Å². The predicted octanol–water partition coefficient (Wildman–Crippen LogP) is 2.45. The average Bonchev–Trinajstić information content (AvgIpc) is 2.34. The van der Waals surface area contributed by atoms with Crippen molar-refractivity contribution >= 4 is 23.5 Å². The Hall–Kier alpha value is -1.62. The third-order valence-electron chi connectivity index (χ3n) is 2.68. The summed E-state index contributed by atoms with van der Waals surface area (Å²) in [5, 5.41) is 11.6. The second kappa shape index (κ2) is 6.52. The number of aromatic nitrogens is 1. The molecule has 1 atom stereocenters. The number of halogens is 1. The molecule has 5 nitrogen and oxygen atoms in total. The quantitative estimate of drug-likeness (QED) is 0.814. The number of nitrogens with zero attached hydrogens (tertiary/aromatic N) is 1. The van der Waals surface area contributed by atoms with Crippen LogP contribution in [-0.4, -0.2) is 28.0 Å². The molecule has 1 unspecified atom stereocenters. The Labute approximate surface area is 117 Å². The molecule has 0 aromatic carbocycles. The Bertz CT molecular complexity index is 489. The maximum Gasteiger partial charge on any atom is 0.326 e. The van der Waals surface area contributed by atoms with E-state index >= 15 is 0 Å². The highest BCUT2D eigenvalue weighted by molar-refractivity contribution is 6.29. The lowest BCUT2D eigenvalue weighted by Gasteiger charge is -2.13. The van der Waals surface area contributed by atoms with E-state index in [0.29, 0.717) is 17.7 Å². The van der Waals surface area contributed by atoms with Crippen LogP contribution in [0.15, 0.2) is 12.1 Å². The van der Waals surface area contributed by atoms with E-state index in [0.717, 1.165) is 0 Å². The van der Waals surface area contributed by atoms with E-state index < -0.39 is 17.9 Å². The van der Waals surface area contributed by atoms with Crippen molar-refractivity contribution in [3.63, 3.8) is 0 Å². The maximum atomic E-state index is 12.0. The third kappa shape index (κ3) is 4.21. The molecule has 0 aliphatic heterocycles. The third-order valence-corrected chi connectivity index (χ3v) is 2.87. The second-order valence-electron chi connectivity index (χ2n) is 4.53. The summed E-state index contributed by atoms with van der Waals surface area (Å²) in [6, 6.07) is 2.15. The lowest BCUT2D eigenvalue weighted by Crippen LogP contribution is -2.40. The number of hydrogen-bond donors (Lipinski definition) is 2. The highest BCUT2D eigenvalue weighted by Gasteiger charge is 2.19. The summed E-state index contributed by atoms with van der Waals surface area (Å²) in [7, 11) is 0. The second-order valence-corrected chi connectivity index (χ2v) is 4.92. The molecule has 6 heteroatoms. The first-order valence-electron chi connectivity index (χ1n) is 6.06. The van der Waals surface area contributed by atoms with Crippen molar-refractivity contribution in [2.75, 3.05) is 0 Å². The largest absolute Gasteiger partial charge is 0.480 e. The Morgan fingerprint density at radius 2 is 2.05 bits per heavy atom. The Balaban J connectivity index is 2.96. The van der Waals surface area contributed by atoms with E-state index in [4.69, 9.17) is 16.7 Å². The summed E-state index contributed by atoms with van der Waals surface area (Å²) in [6.45, 7) is 5.57. The summed E-state index contributed by atoms with van der Waals surface area (Å²) in [5.74, 6) is -1.38. The number of carboxylic acid groups (broad SMARTS) is 1. The van der Waals surface area contributed by atoms with Crippen molar-refractivity contribution in [2.45, 2.75) is 39.2 Å². The molecule has 0 bridgehead atoms. The minimum atomic E-state index is -1.06. The van der Waals surface area contributed by atoms with Crippen LogP contribution < -0.4 is 5.32 Å². The van der Waals surface area contributed by atoms with Gasteiger partial charge in [-0.15, -0.1) is 0 Å². The van der Waals surface area contributed by atoms with E-state index in [1.54, 1.807) is 13.0 Å². The molecule has 1 amide bonds. The first-order valence-corrected chi connectivity index (χ1v) is 6.44. The minimum Gasteiger partial charge on any atom is -0.480 e. The molecule has 0 saturated heterocycles. The highest BCUT2D eigenvalue weighted by Crippen LogP contribution is 2.17. The Kier molecular flexibility index (Phi) is 5.30. The maximum absolute atomic E-state index is 12.0. The summed E-state index contributed by atoms with van der Waals surface area (Å²) >= 11 is 5.86. The fraction of sp³-hybridized carbons (Fsp3) is 0.462. The first kappa shape index (κ1) is 15.4. The number of hydrogen-bond acceptors (Lipinski definition) is 3.